The molecule has 0 nitrogen and oxygen atoms in total. The van der Waals surface area contributed by atoms with Gasteiger partial charge in [0.25, 0.3) is 6.43 Å². The Morgan fingerprint density at radius 2 is 1.60 bits per heavy atom. The Kier molecular flexibility index (Phi) is 3.99. The zero-order chi connectivity index (χ0) is 14.9. The molecule has 2 rings (SSSR count). The molecule has 0 amide bonds. The molecule has 0 bridgehead atoms. The molecule has 2 aromatic carbocycles. The molecule has 0 heterocycles. The molecule has 106 valence electrons. The van der Waals surface area contributed by atoms with Crippen LogP contribution in [0.1, 0.15) is 17.6 Å². The lowest BCUT2D eigenvalue weighted by Gasteiger charge is -2.13. The minimum absolute atomic E-state index is 0.00130. The maximum absolute atomic E-state index is 13.0. The van der Waals surface area contributed by atoms with E-state index >= 15 is 0 Å². The van der Waals surface area contributed by atoms with Crippen molar-refractivity contribution in [1.82, 2.24) is 0 Å². The quantitative estimate of drug-likeness (QED) is 0.600. The van der Waals surface area contributed by atoms with Crippen molar-refractivity contribution in [3.05, 3.63) is 58.6 Å². The van der Waals surface area contributed by atoms with Crippen LogP contribution in [0.4, 0.5) is 22.0 Å². The third kappa shape index (κ3) is 2.93. The van der Waals surface area contributed by atoms with Crippen molar-refractivity contribution in [3.63, 3.8) is 0 Å². The van der Waals surface area contributed by atoms with Crippen LogP contribution in [0, 0.1) is 0 Å². The SMILES string of the molecule is FC(F)c1c(Cl)cccc1-c1cccc(C(F)(F)F)c1. The molecule has 0 saturated carbocycles. The Balaban J connectivity index is 2.61. The molecule has 0 unspecified atom stereocenters. The molecule has 0 fully saturated rings. The molecule has 6 heteroatoms. The molecular weight excluding hydrogens is 299 g/mol. The van der Waals surface area contributed by atoms with Gasteiger partial charge in [0.1, 0.15) is 0 Å². The van der Waals surface area contributed by atoms with Gasteiger partial charge in [-0.25, -0.2) is 8.78 Å². The topological polar surface area (TPSA) is 0 Å². The molecule has 2 aromatic rings. The molecule has 0 aliphatic carbocycles. The third-order valence-corrected chi connectivity index (χ3v) is 3.10. The fourth-order valence-electron chi connectivity index (χ4n) is 1.87. The van der Waals surface area contributed by atoms with Crippen molar-refractivity contribution < 1.29 is 22.0 Å². The highest BCUT2D eigenvalue weighted by Gasteiger charge is 2.30. The fourth-order valence-corrected chi connectivity index (χ4v) is 2.13. The van der Waals surface area contributed by atoms with Gasteiger partial charge in [0, 0.05) is 5.56 Å². The average molecular weight is 307 g/mol. The van der Waals surface area contributed by atoms with E-state index < -0.39 is 23.7 Å². The smallest absolute Gasteiger partial charge is 0.205 e. The zero-order valence-corrected chi connectivity index (χ0v) is 10.6. The Bertz CT molecular complexity index is 619. The maximum atomic E-state index is 13.0. The van der Waals surface area contributed by atoms with E-state index in [0.717, 1.165) is 12.1 Å². The van der Waals surface area contributed by atoms with E-state index in [2.05, 4.69) is 0 Å². The minimum atomic E-state index is -4.53. The maximum Gasteiger partial charge on any atom is 0.416 e. The predicted octanol–water partition coefficient (Wildman–Crippen LogP) is 5.96. The Morgan fingerprint density at radius 3 is 2.20 bits per heavy atom. The summed E-state index contributed by atoms with van der Waals surface area (Å²) in [4.78, 5) is 0. The molecular formula is C14H8ClF5. The molecule has 0 spiro atoms. The number of halogens is 6. The largest absolute Gasteiger partial charge is 0.416 e. The van der Waals surface area contributed by atoms with Crippen LogP contribution < -0.4 is 0 Å². The number of rotatable bonds is 2. The summed E-state index contributed by atoms with van der Waals surface area (Å²) in [7, 11) is 0. The standard InChI is InChI=1S/C14H8ClF5/c15-11-6-2-5-10(12(11)13(16)17)8-3-1-4-9(7-8)14(18,19)20/h1-7,13H. The number of hydrogen-bond donors (Lipinski definition) is 0. The van der Waals surface area contributed by atoms with E-state index in [1.807, 2.05) is 0 Å². The number of benzene rings is 2. The summed E-state index contributed by atoms with van der Waals surface area (Å²) in [6.07, 6.45) is -7.40. The Hall–Kier alpha value is -1.62. The van der Waals surface area contributed by atoms with Crippen molar-refractivity contribution in [2.24, 2.45) is 0 Å². The summed E-state index contributed by atoms with van der Waals surface area (Å²) in [6, 6.07) is 8.25. The molecule has 0 radical (unpaired) electrons. The first kappa shape index (κ1) is 14.8. The average Bonchev–Trinajstić information content (AvgIpc) is 2.37. The lowest BCUT2D eigenvalue weighted by molar-refractivity contribution is -0.137. The van der Waals surface area contributed by atoms with Gasteiger partial charge in [0.15, 0.2) is 0 Å². The summed E-state index contributed by atoms with van der Waals surface area (Å²) in [5, 5.41) is -0.171. The van der Waals surface area contributed by atoms with Gasteiger partial charge in [0.2, 0.25) is 0 Å². The number of alkyl halides is 5. The van der Waals surface area contributed by atoms with Crippen LogP contribution in [-0.4, -0.2) is 0 Å². The zero-order valence-electron chi connectivity index (χ0n) is 9.89. The highest BCUT2D eigenvalue weighted by Crippen LogP contribution is 2.38. The van der Waals surface area contributed by atoms with Gasteiger partial charge >= 0.3 is 6.18 Å². The van der Waals surface area contributed by atoms with Crippen LogP contribution in [0.15, 0.2) is 42.5 Å². The molecule has 0 saturated heterocycles. The van der Waals surface area contributed by atoms with E-state index in [1.54, 1.807) is 0 Å². The second-order valence-electron chi connectivity index (χ2n) is 4.08. The predicted molar refractivity (Wildman–Crippen MR) is 66.8 cm³/mol. The van der Waals surface area contributed by atoms with Crippen LogP contribution in [0.3, 0.4) is 0 Å². The summed E-state index contributed by atoms with van der Waals surface area (Å²) < 4.78 is 63.9. The van der Waals surface area contributed by atoms with Crippen molar-refractivity contribution in [2.45, 2.75) is 12.6 Å². The van der Waals surface area contributed by atoms with Crippen molar-refractivity contribution in [3.8, 4) is 11.1 Å². The van der Waals surface area contributed by atoms with Gasteiger partial charge in [-0.05, 0) is 29.3 Å². The second-order valence-corrected chi connectivity index (χ2v) is 4.49. The highest BCUT2D eigenvalue weighted by molar-refractivity contribution is 6.31. The van der Waals surface area contributed by atoms with Crippen LogP contribution >= 0.6 is 11.6 Å². The van der Waals surface area contributed by atoms with Crippen molar-refractivity contribution >= 4 is 11.6 Å². The lowest BCUT2D eigenvalue weighted by atomic mass is 9.98. The molecule has 0 aliphatic rings. The minimum Gasteiger partial charge on any atom is -0.205 e. The Labute approximate surface area is 116 Å². The molecule has 0 N–H and O–H groups in total. The third-order valence-electron chi connectivity index (χ3n) is 2.77. The van der Waals surface area contributed by atoms with Crippen LogP contribution in [0.5, 0.6) is 0 Å². The molecule has 0 atom stereocenters. The van der Waals surface area contributed by atoms with Crippen LogP contribution in [-0.2, 0) is 6.18 Å². The molecule has 0 aromatic heterocycles. The van der Waals surface area contributed by atoms with Gasteiger partial charge in [-0.3, -0.25) is 0 Å². The van der Waals surface area contributed by atoms with E-state index in [9.17, 15) is 22.0 Å². The van der Waals surface area contributed by atoms with E-state index in [-0.39, 0.29) is 16.1 Å². The summed E-state index contributed by atoms with van der Waals surface area (Å²) in [5.41, 5.74) is -1.31. The van der Waals surface area contributed by atoms with Crippen LogP contribution in [0.2, 0.25) is 5.02 Å². The normalized spacial score (nSPS) is 11.9. The summed E-state index contributed by atoms with van der Waals surface area (Å²) >= 11 is 5.70. The fraction of sp³-hybridized carbons (Fsp3) is 0.143. The van der Waals surface area contributed by atoms with Gasteiger partial charge < -0.3 is 0 Å². The van der Waals surface area contributed by atoms with Crippen LogP contribution in [0.25, 0.3) is 11.1 Å². The van der Waals surface area contributed by atoms with E-state index in [1.165, 1.54) is 30.3 Å². The van der Waals surface area contributed by atoms with Gasteiger partial charge in [-0.15, -0.1) is 0 Å². The Morgan fingerprint density at radius 1 is 0.950 bits per heavy atom. The molecule has 0 aliphatic heterocycles. The monoisotopic (exact) mass is 306 g/mol. The van der Waals surface area contributed by atoms with E-state index in [0.29, 0.717) is 0 Å². The first-order chi connectivity index (χ1) is 9.30. The van der Waals surface area contributed by atoms with Crippen molar-refractivity contribution in [1.29, 1.82) is 0 Å². The van der Waals surface area contributed by atoms with Gasteiger partial charge in [-0.1, -0.05) is 35.9 Å². The van der Waals surface area contributed by atoms with Gasteiger partial charge in [0.05, 0.1) is 10.6 Å². The first-order valence-electron chi connectivity index (χ1n) is 5.55. The second kappa shape index (κ2) is 5.40. The van der Waals surface area contributed by atoms with E-state index in [4.69, 9.17) is 11.6 Å². The summed E-state index contributed by atoms with van der Waals surface area (Å²) in [5.74, 6) is 0. The summed E-state index contributed by atoms with van der Waals surface area (Å²) in [6.45, 7) is 0. The molecule has 20 heavy (non-hydrogen) atoms. The first-order valence-corrected chi connectivity index (χ1v) is 5.92. The highest BCUT2D eigenvalue weighted by atomic mass is 35.5. The van der Waals surface area contributed by atoms with Gasteiger partial charge in [-0.2, -0.15) is 13.2 Å². The van der Waals surface area contributed by atoms with Crippen molar-refractivity contribution in [2.75, 3.05) is 0 Å². The number of hydrogen-bond acceptors (Lipinski definition) is 0. The lowest BCUT2D eigenvalue weighted by Crippen LogP contribution is -2.04.